The first-order chi connectivity index (χ1) is 5.98. The lowest BCUT2D eigenvalue weighted by Gasteiger charge is -2.16. The topological polar surface area (TPSA) is 44.5 Å². The summed E-state index contributed by atoms with van der Waals surface area (Å²) in [6, 6.07) is 3.58. The second-order valence-electron chi connectivity index (χ2n) is 3.42. The van der Waals surface area contributed by atoms with E-state index in [1.807, 2.05) is 19.9 Å². The second kappa shape index (κ2) is 2.54. The van der Waals surface area contributed by atoms with Crippen LogP contribution >= 0.6 is 15.9 Å². The first-order valence-electron chi connectivity index (χ1n) is 3.95. The first-order valence-corrected chi connectivity index (χ1v) is 4.74. The Hall–Kier alpha value is -0.900. The van der Waals surface area contributed by atoms with E-state index in [1.54, 1.807) is 6.07 Å². The zero-order valence-corrected chi connectivity index (χ0v) is 9.01. The molecule has 0 atom stereocenters. The minimum atomic E-state index is -0.588. The van der Waals surface area contributed by atoms with Gasteiger partial charge in [0.25, 0.3) is 0 Å². The highest BCUT2D eigenvalue weighted by molar-refractivity contribution is 9.10. The average molecular weight is 244 g/mol. The van der Waals surface area contributed by atoms with Crippen LogP contribution in [0.5, 0.6) is 11.5 Å². The lowest BCUT2D eigenvalue weighted by atomic mass is 10.3. The van der Waals surface area contributed by atoms with Crippen molar-refractivity contribution in [1.29, 1.82) is 0 Å². The van der Waals surface area contributed by atoms with Crippen LogP contribution in [0.1, 0.15) is 13.8 Å². The van der Waals surface area contributed by atoms with E-state index >= 15 is 0 Å². The monoisotopic (exact) mass is 243 g/mol. The van der Waals surface area contributed by atoms with Crippen LogP contribution in [0.3, 0.4) is 0 Å². The predicted octanol–water partition coefficient (Wildman–Crippen LogP) is 2.54. The van der Waals surface area contributed by atoms with Gasteiger partial charge in [0.1, 0.15) is 0 Å². The van der Waals surface area contributed by atoms with Crippen molar-refractivity contribution in [2.45, 2.75) is 19.6 Å². The van der Waals surface area contributed by atoms with Crippen LogP contribution in [0.4, 0.5) is 5.69 Å². The number of benzene rings is 1. The van der Waals surface area contributed by atoms with Gasteiger partial charge in [-0.25, -0.2) is 0 Å². The number of hydrogen-bond donors (Lipinski definition) is 1. The zero-order valence-electron chi connectivity index (χ0n) is 7.43. The molecule has 0 spiro atoms. The number of ether oxygens (including phenoxy) is 2. The summed E-state index contributed by atoms with van der Waals surface area (Å²) in [6.45, 7) is 3.72. The molecule has 0 unspecified atom stereocenters. The Morgan fingerprint density at radius 3 is 2.38 bits per heavy atom. The number of fused-ring (bicyclic) bond motifs is 1. The van der Waals surface area contributed by atoms with E-state index in [-0.39, 0.29) is 0 Å². The number of nitrogen functional groups attached to an aromatic ring is 1. The molecule has 1 aromatic rings. The highest BCUT2D eigenvalue weighted by Gasteiger charge is 2.32. The number of hydrogen-bond acceptors (Lipinski definition) is 3. The quantitative estimate of drug-likeness (QED) is 0.713. The number of anilines is 1. The molecule has 0 aromatic heterocycles. The molecule has 0 fully saturated rings. The van der Waals surface area contributed by atoms with Crippen LogP contribution in [0.15, 0.2) is 16.6 Å². The third-order valence-corrected chi connectivity index (χ3v) is 2.46. The predicted molar refractivity (Wildman–Crippen MR) is 53.9 cm³/mol. The third-order valence-electron chi connectivity index (χ3n) is 1.77. The van der Waals surface area contributed by atoms with Crippen molar-refractivity contribution in [2.24, 2.45) is 0 Å². The Bertz CT molecular complexity index is 330. The normalized spacial score (nSPS) is 17.5. The minimum Gasteiger partial charge on any atom is -0.449 e. The SMILES string of the molecule is CC1(C)Oc2cc(N)c(Br)cc2O1. The van der Waals surface area contributed by atoms with E-state index in [0.29, 0.717) is 11.4 Å². The number of halogens is 1. The fourth-order valence-electron chi connectivity index (χ4n) is 1.26. The molecule has 4 heteroatoms. The maximum absolute atomic E-state index is 5.70. The molecule has 0 aliphatic carbocycles. The second-order valence-corrected chi connectivity index (χ2v) is 4.28. The molecule has 0 amide bonds. The van der Waals surface area contributed by atoms with Crippen molar-refractivity contribution in [3.63, 3.8) is 0 Å². The minimum absolute atomic E-state index is 0.588. The van der Waals surface area contributed by atoms with Crippen molar-refractivity contribution < 1.29 is 9.47 Å². The van der Waals surface area contributed by atoms with E-state index in [9.17, 15) is 0 Å². The molecule has 3 nitrogen and oxygen atoms in total. The van der Waals surface area contributed by atoms with Crippen LogP contribution < -0.4 is 15.2 Å². The molecular weight excluding hydrogens is 234 g/mol. The number of nitrogens with two attached hydrogens (primary N) is 1. The summed E-state index contributed by atoms with van der Waals surface area (Å²) in [6.07, 6.45) is 0. The van der Waals surface area contributed by atoms with Crippen molar-refractivity contribution in [2.75, 3.05) is 5.73 Å². The summed E-state index contributed by atoms with van der Waals surface area (Å²) in [4.78, 5) is 0. The Balaban J connectivity index is 2.48. The summed E-state index contributed by atoms with van der Waals surface area (Å²) < 4.78 is 11.9. The Kier molecular flexibility index (Phi) is 1.70. The summed E-state index contributed by atoms with van der Waals surface area (Å²) in [5.41, 5.74) is 6.35. The summed E-state index contributed by atoms with van der Waals surface area (Å²) >= 11 is 3.33. The van der Waals surface area contributed by atoms with Crippen LogP contribution in [0.2, 0.25) is 0 Å². The van der Waals surface area contributed by atoms with Gasteiger partial charge in [0.15, 0.2) is 11.5 Å². The van der Waals surface area contributed by atoms with Crippen molar-refractivity contribution >= 4 is 21.6 Å². The van der Waals surface area contributed by atoms with E-state index in [0.717, 1.165) is 10.2 Å². The largest absolute Gasteiger partial charge is 0.449 e. The van der Waals surface area contributed by atoms with Crippen molar-refractivity contribution in [1.82, 2.24) is 0 Å². The highest BCUT2D eigenvalue weighted by Crippen LogP contribution is 2.43. The molecule has 1 aromatic carbocycles. The van der Waals surface area contributed by atoms with Gasteiger partial charge in [-0.3, -0.25) is 0 Å². The van der Waals surface area contributed by atoms with Crippen LogP contribution in [-0.2, 0) is 0 Å². The van der Waals surface area contributed by atoms with Gasteiger partial charge in [-0.15, -0.1) is 0 Å². The summed E-state index contributed by atoms with van der Waals surface area (Å²) in [5.74, 6) is 0.840. The molecule has 0 saturated carbocycles. The summed E-state index contributed by atoms with van der Waals surface area (Å²) in [5, 5.41) is 0. The molecule has 2 N–H and O–H groups in total. The molecule has 13 heavy (non-hydrogen) atoms. The van der Waals surface area contributed by atoms with Crippen LogP contribution in [0.25, 0.3) is 0 Å². The van der Waals surface area contributed by atoms with Gasteiger partial charge < -0.3 is 15.2 Å². The number of rotatable bonds is 0. The molecule has 0 radical (unpaired) electrons. The molecule has 0 saturated heterocycles. The fraction of sp³-hybridized carbons (Fsp3) is 0.333. The molecule has 2 rings (SSSR count). The van der Waals surface area contributed by atoms with E-state index in [1.165, 1.54) is 0 Å². The Morgan fingerprint density at radius 1 is 1.23 bits per heavy atom. The van der Waals surface area contributed by atoms with Gasteiger partial charge >= 0.3 is 0 Å². The Morgan fingerprint density at radius 2 is 1.77 bits per heavy atom. The molecule has 1 aliphatic heterocycles. The highest BCUT2D eigenvalue weighted by atomic mass is 79.9. The molecule has 0 bridgehead atoms. The van der Waals surface area contributed by atoms with E-state index in [4.69, 9.17) is 15.2 Å². The first kappa shape index (κ1) is 8.69. The van der Waals surface area contributed by atoms with Crippen molar-refractivity contribution in [3.8, 4) is 11.5 Å². The molecular formula is C9H10BrNO2. The smallest absolute Gasteiger partial charge is 0.246 e. The van der Waals surface area contributed by atoms with Crippen LogP contribution in [-0.4, -0.2) is 5.79 Å². The van der Waals surface area contributed by atoms with Crippen molar-refractivity contribution in [3.05, 3.63) is 16.6 Å². The van der Waals surface area contributed by atoms with Gasteiger partial charge in [-0.1, -0.05) is 0 Å². The summed E-state index contributed by atoms with van der Waals surface area (Å²) in [7, 11) is 0. The van der Waals surface area contributed by atoms with E-state index in [2.05, 4.69) is 15.9 Å². The molecule has 1 aliphatic rings. The molecule has 70 valence electrons. The fourth-order valence-corrected chi connectivity index (χ4v) is 1.58. The standard InChI is InChI=1S/C9H10BrNO2/c1-9(2)12-7-3-5(10)6(11)4-8(7)13-9/h3-4H,11H2,1-2H3. The average Bonchev–Trinajstić information content (AvgIpc) is 2.24. The Labute approximate surface area is 85.0 Å². The zero-order chi connectivity index (χ0) is 9.64. The lowest BCUT2D eigenvalue weighted by Crippen LogP contribution is -2.29. The van der Waals surface area contributed by atoms with Crippen LogP contribution in [0, 0.1) is 0 Å². The third kappa shape index (κ3) is 1.46. The van der Waals surface area contributed by atoms with Gasteiger partial charge in [-0.2, -0.15) is 0 Å². The van der Waals surface area contributed by atoms with E-state index < -0.39 is 5.79 Å². The van der Waals surface area contributed by atoms with Gasteiger partial charge in [0, 0.05) is 36.1 Å². The van der Waals surface area contributed by atoms with Gasteiger partial charge in [0.2, 0.25) is 5.79 Å². The maximum atomic E-state index is 5.70. The van der Waals surface area contributed by atoms with Gasteiger partial charge in [-0.05, 0) is 15.9 Å². The molecule has 1 heterocycles. The van der Waals surface area contributed by atoms with Gasteiger partial charge in [0.05, 0.1) is 0 Å². The lowest BCUT2D eigenvalue weighted by molar-refractivity contribution is -0.0431. The maximum Gasteiger partial charge on any atom is 0.246 e.